The number of carboxylic acid groups (broad SMARTS) is 1. The average molecular weight is 364 g/mol. The summed E-state index contributed by atoms with van der Waals surface area (Å²) in [5.41, 5.74) is -0.544. The van der Waals surface area contributed by atoms with Crippen molar-refractivity contribution in [3.63, 3.8) is 0 Å². The third kappa shape index (κ3) is 3.71. The smallest absolute Gasteiger partial charge is 0.461 e. The first kappa shape index (κ1) is 20.2. The number of hydrogen-bond donors (Lipinski definition) is 1. The van der Waals surface area contributed by atoms with Crippen molar-refractivity contribution in [2.24, 2.45) is 29.6 Å². The number of aliphatic carboxylic acids is 1. The van der Waals surface area contributed by atoms with Gasteiger partial charge in [-0.3, -0.25) is 4.79 Å². The van der Waals surface area contributed by atoms with Crippen LogP contribution in [-0.2, 0) is 14.1 Å². The Bertz CT molecular complexity index is 516. The molecule has 0 aromatic rings. The minimum Gasteiger partial charge on any atom is -0.481 e. The molecule has 6 unspecified atom stereocenters. The van der Waals surface area contributed by atoms with E-state index >= 15 is 0 Å². The molecule has 2 aliphatic carbocycles. The lowest BCUT2D eigenvalue weighted by Gasteiger charge is -2.44. The van der Waals surface area contributed by atoms with E-state index in [1.165, 1.54) is 12.8 Å². The lowest BCUT2D eigenvalue weighted by atomic mass is 9.56. The first-order valence-corrected chi connectivity index (χ1v) is 10.6. The fraction of sp³-hybridized carbons (Fsp3) is 0.952. The van der Waals surface area contributed by atoms with Crippen LogP contribution in [0.1, 0.15) is 80.1 Å². The van der Waals surface area contributed by atoms with Crippen LogP contribution in [0.3, 0.4) is 0 Å². The van der Waals surface area contributed by atoms with Gasteiger partial charge >= 0.3 is 13.1 Å². The van der Waals surface area contributed by atoms with Gasteiger partial charge in [-0.15, -0.1) is 0 Å². The summed E-state index contributed by atoms with van der Waals surface area (Å²) in [6, 6.07) is 0. The van der Waals surface area contributed by atoms with Crippen LogP contribution in [-0.4, -0.2) is 29.4 Å². The third-order valence-electron chi connectivity index (χ3n) is 8.15. The van der Waals surface area contributed by atoms with E-state index < -0.39 is 5.97 Å². The summed E-state index contributed by atoms with van der Waals surface area (Å²) in [5, 5.41) is 9.56. The second kappa shape index (κ2) is 7.12. The van der Waals surface area contributed by atoms with Crippen LogP contribution < -0.4 is 0 Å². The first-order chi connectivity index (χ1) is 12.0. The summed E-state index contributed by atoms with van der Waals surface area (Å²) >= 11 is 0. The summed E-state index contributed by atoms with van der Waals surface area (Å²) in [7, 11) is -0.116. The lowest BCUT2D eigenvalue weighted by Crippen LogP contribution is -2.41. The minimum atomic E-state index is -0.605. The highest BCUT2D eigenvalue weighted by molar-refractivity contribution is 6.47. The van der Waals surface area contributed by atoms with Crippen LogP contribution in [0.15, 0.2) is 0 Å². The summed E-state index contributed by atoms with van der Waals surface area (Å²) < 4.78 is 12.7. The molecule has 1 aliphatic heterocycles. The van der Waals surface area contributed by atoms with Gasteiger partial charge in [0.2, 0.25) is 0 Å². The molecule has 0 aromatic carbocycles. The van der Waals surface area contributed by atoms with E-state index in [0.717, 1.165) is 25.7 Å². The molecule has 1 heterocycles. The van der Waals surface area contributed by atoms with Crippen LogP contribution >= 0.6 is 0 Å². The maximum absolute atomic E-state index is 11.6. The fourth-order valence-corrected chi connectivity index (χ4v) is 5.53. The Morgan fingerprint density at radius 3 is 2.19 bits per heavy atom. The van der Waals surface area contributed by atoms with Gasteiger partial charge in [-0.25, -0.2) is 0 Å². The molecule has 148 valence electrons. The van der Waals surface area contributed by atoms with E-state index in [-0.39, 0.29) is 24.2 Å². The monoisotopic (exact) mass is 364 g/mol. The number of carboxylic acids is 1. The van der Waals surface area contributed by atoms with Crippen LogP contribution in [0.5, 0.6) is 0 Å². The predicted molar refractivity (Wildman–Crippen MR) is 104 cm³/mol. The van der Waals surface area contributed by atoms with Gasteiger partial charge in [-0.05, 0) is 76.4 Å². The van der Waals surface area contributed by atoms with E-state index in [1.54, 1.807) is 0 Å². The average Bonchev–Trinajstić information content (AvgIpc) is 2.78. The van der Waals surface area contributed by atoms with Crippen LogP contribution in [0.25, 0.3) is 0 Å². The highest BCUT2D eigenvalue weighted by Crippen LogP contribution is 2.50. The Kier molecular flexibility index (Phi) is 5.53. The molecule has 0 radical (unpaired) electrons. The standard InChI is InChI=1S/C21H37BO4/c1-13-10-16(19(23)24)12-18(14(13)2)15-8-7-9-17(11-15)22-25-20(3,4)21(5,6)26-22/h13-18H,7-12H2,1-6H3,(H,23,24). The third-order valence-corrected chi connectivity index (χ3v) is 8.15. The number of carbonyl (C=O) groups is 1. The Balaban J connectivity index is 1.69. The lowest BCUT2D eigenvalue weighted by molar-refractivity contribution is -0.145. The normalized spacial score (nSPS) is 42.6. The quantitative estimate of drug-likeness (QED) is 0.714. The van der Waals surface area contributed by atoms with Gasteiger partial charge in [-0.2, -0.15) is 0 Å². The molecule has 0 amide bonds. The highest BCUT2D eigenvalue weighted by atomic mass is 16.7. The summed E-state index contributed by atoms with van der Waals surface area (Å²) in [5.74, 6) is 1.88. The molecule has 5 heteroatoms. The Morgan fingerprint density at radius 1 is 1.00 bits per heavy atom. The van der Waals surface area contributed by atoms with Gasteiger partial charge in [0.25, 0.3) is 0 Å². The van der Waals surface area contributed by atoms with Crippen LogP contribution in [0.2, 0.25) is 5.82 Å². The maximum Gasteiger partial charge on any atom is 0.461 e. The van der Waals surface area contributed by atoms with Crippen LogP contribution in [0, 0.1) is 29.6 Å². The van der Waals surface area contributed by atoms with Gasteiger partial charge in [0.05, 0.1) is 17.1 Å². The summed E-state index contributed by atoms with van der Waals surface area (Å²) in [6.45, 7) is 13.1. The van der Waals surface area contributed by atoms with Gasteiger partial charge in [-0.1, -0.05) is 33.1 Å². The zero-order chi connectivity index (χ0) is 19.3. The molecule has 0 spiro atoms. The molecule has 2 saturated carbocycles. The van der Waals surface area contributed by atoms with E-state index in [0.29, 0.717) is 29.5 Å². The van der Waals surface area contributed by atoms with E-state index in [4.69, 9.17) is 9.31 Å². The molecule has 1 saturated heterocycles. The SMILES string of the molecule is CC1CC(C(=O)O)CC(C2CCCC(B3OC(C)(C)C(C)(C)O3)C2)C1C. The first-order valence-electron chi connectivity index (χ1n) is 10.6. The second-order valence-corrected chi connectivity index (χ2v) is 10.3. The molecule has 3 fully saturated rings. The zero-order valence-corrected chi connectivity index (χ0v) is 17.5. The largest absolute Gasteiger partial charge is 0.481 e. The van der Waals surface area contributed by atoms with Gasteiger partial charge < -0.3 is 14.4 Å². The summed E-state index contributed by atoms with van der Waals surface area (Å²) in [6.07, 6.45) is 6.39. The van der Waals surface area contributed by atoms with Crippen LogP contribution in [0.4, 0.5) is 0 Å². The van der Waals surface area contributed by atoms with Crippen molar-refractivity contribution in [1.82, 2.24) is 0 Å². The Morgan fingerprint density at radius 2 is 1.62 bits per heavy atom. The van der Waals surface area contributed by atoms with E-state index in [1.807, 2.05) is 0 Å². The maximum atomic E-state index is 11.6. The van der Waals surface area contributed by atoms with Crippen molar-refractivity contribution in [1.29, 1.82) is 0 Å². The molecule has 26 heavy (non-hydrogen) atoms. The van der Waals surface area contributed by atoms with Crippen molar-refractivity contribution in [2.45, 2.75) is 97.1 Å². The van der Waals surface area contributed by atoms with Crippen molar-refractivity contribution in [2.75, 3.05) is 0 Å². The molecular formula is C21H37BO4. The number of hydrogen-bond acceptors (Lipinski definition) is 3. The van der Waals surface area contributed by atoms with Gasteiger partial charge in [0.1, 0.15) is 0 Å². The molecular weight excluding hydrogens is 327 g/mol. The van der Waals surface area contributed by atoms with Gasteiger partial charge in [0, 0.05) is 0 Å². The van der Waals surface area contributed by atoms with Crippen molar-refractivity contribution >= 4 is 13.1 Å². The second-order valence-electron chi connectivity index (χ2n) is 10.3. The summed E-state index contributed by atoms with van der Waals surface area (Å²) in [4.78, 5) is 11.6. The Labute approximate surface area is 159 Å². The van der Waals surface area contributed by atoms with E-state index in [9.17, 15) is 9.90 Å². The Hall–Kier alpha value is -0.545. The molecule has 3 rings (SSSR count). The van der Waals surface area contributed by atoms with E-state index in [2.05, 4.69) is 41.5 Å². The molecule has 4 nitrogen and oxygen atoms in total. The molecule has 0 aromatic heterocycles. The minimum absolute atomic E-state index is 0.116. The van der Waals surface area contributed by atoms with Crippen molar-refractivity contribution in [3.8, 4) is 0 Å². The number of rotatable bonds is 3. The molecule has 6 atom stereocenters. The predicted octanol–water partition coefficient (Wildman–Crippen LogP) is 5.02. The zero-order valence-electron chi connectivity index (χ0n) is 17.5. The molecule has 1 N–H and O–H groups in total. The highest BCUT2D eigenvalue weighted by Gasteiger charge is 2.54. The molecule has 0 bridgehead atoms. The topological polar surface area (TPSA) is 55.8 Å². The molecule has 3 aliphatic rings. The fourth-order valence-electron chi connectivity index (χ4n) is 5.53. The van der Waals surface area contributed by atoms with Crippen molar-refractivity contribution < 1.29 is 19.2 Å². The van der Waals surface area contributed by atoms with Crippen molar-refractivity contribution in [3.05, 3.63) is 0 Å². The van der Waals surface area contributed by atoms with Gasteiger partial charge in [0.15, 0.2) is 0 Å².